The molecular weight excluding hydrogens is 186 g/mol. The van der Waals surface area contributed by atoms with Crippen molar-refractivity contribution >= 4 is 0 Å². The zero-order chi connectivity index (χ0) is 10.5. The van der Waals surface area contributed by atoms with Gasteiger partial charge < -0.3 is 9.88 Å². The van der Waals surface area contributed by atoms with Crippen LogP contribution < -0.4 is 5.32 Å². The van der Waals surface area contributed by atoms with Gasteiger partial charge in [0.05, 0.1) is 6.54 Å². The second-order valence-electron chi connectivity index (χ2n) is 4.46. The van der Waals surface area contributed by atoms with Crippen molar-refractivity contribution in [2.24, 2.45) is 5.92 Å². The number of nitrogens with zero attached hydrogens (tertiary/aromatic N) is 2. The van der Waals surface area contributed by atoms with Crippen LogP contribution in [0, 0.1) is 5.92 Å². The molecule has 1 heterocycles. The molecule has 0 unspecified atom stereocenters. The highest BCUT2D eigenvalue weighted by Gasteiger charge is 2.20. The average Bonchev–Trinajstić information content (AvgIpc) is 2.95. The first-order valence-electron chi connectivity index (χ1n) is 6.11. The van der Waals surface area contributed by atoms with Crippen LogP contribution in [0.5, 0.6) is 0 Å². The molecular formula is C12H21N3. The number of hydrogen-bond donors (Lipinski definition) is 1. The fraction of sp³-hybridized carbons (Fsp3) is 0.750. The van der Waals surface area contributed by atoms with Gasteiger partial charge in [0.25, 0.3) is 0 Å². The first-order valence-corrected chi connectivity index (χ1v) is 6.11. The third kappa shape index (κ3) is 3.34. The van der Waals surface area contributed by atoms with E-state index in [0.29, 0.717) is 0 Å². The second-order valence-corrected chi connectivity index (χ2v) is 4.46. The first-order chi connectivity index (χ1) is 7.40. The van der Waals surface area contributed by atoms with Crippen LogP contribution in [0.4, 0.5) is 0 Å². The number of unbranched alkanes of at least 4 members (excludes halogenated alkanes) is 1. The summed E-state index contributed by atoms with van der Waals surface area (Å²) in [4.78, 5) is 4.39. The molecule has 1 fully saturated rings. The largest absolute Gasteiger partial charge is 0.334 e. The van der Waals surface area contributed by atoms with Crippen molar-refractivity contribution in [3.8, 4) is 0 Å². The Labute approximate surface area is 91.9 Å². The highest BCUT2D eigenvalue weighted by molar-refractivity contribution is 4.92. The van der Waals surface area contributed by atoms with Crippen molar-refractivity contribution in [2.75, 3.05) is 6.54 Å². The molecule has 1 aliphatic carbocycles. The van der Waals surface area contributed by atoms with Crippen LogP contribution in [0.25, 0.3) is 0 Å². The first kappa shape index (κ1) is 10.7. The fourth-order valence-corrected chi connectivity index (χ4v) is 1.75. The molecule has 1 aliphatic rings. The lowest BCUT2D eigenvalue weighted by Crippen LogP contribution is -2.19. The van der Waals surface area contributed by atoms with Gasteiger partial charge in [-0.15, -0.1) is 0 Å². The van der Waals surface area contributed by atoms with Gasteiger partial charge in [-0.25, -0.2) is 4.98 Å². The minimum Gasteiger partial charge on any atom is -0.334 e. The van der Waals surface area contributed by atoms with Crippen LogP contribution in [-0.2, 0) is 13.1 Å². The van der Waals surface area contributed by atoms with Crippen LogP contribution in [0.1, 0.15) is 38.4 Å². The molecule has 0 aliphatic heterocycles. The Balaban J connectivity index is 1.75. The zero-order valence-electron chi connectivity index (χ0n) is 9.58. The van der Waals surface area contributed by atoms with Gasteiger partial charge in [0.2, 0.25) is 0 Å². The molecule has 3 nitrogen and oxygen atoms in total. The van der Waals surface area contributed by atoms with E-state index in [1.165, 1.54) is 38.1 Å². The number of aryl methyl sites for hydroxylation is 1. The van der Waals surface area contributed by atoms with E-state index in [-0.39, 0.29) is 0 Å². The summed E-state index contributed by atoms with van der Waals surface area (Å²) in [5, 5.41) is 3.48. The molecule has 0 radical (unpaired) electrons. The smallest absolute Gasteiger partial charge is 0.122 e. The number of hydrogen-bond acceptors (Lipinski definition) is 2. The Morgan fingerprint density at radius 1 is 1.53 bits per heavy atom. The molecule has 1 aromatic rings. The zero-order valence-corrected chi connectivity index (χ0v) is 9.58. The number of nitrogens with one attached hydrogen (secondary N) is 1. The highest BCUT2D eigenvalue weighted by Crippen LogP contribution is 2.27. The predicted octanol–water partition coefficient (Wildman–Crippen LogP) is 2.18. The van der Waals surface area contributed by atoms with E-state index in [1.807, 2.05) is 6.20 Å². The summed E-state index contributed by atoms with van der Waals surface area (Å²) in [5.41, 5.74) is 0. The molecule has 3 heteroatoms. The van der Waals surface area contributed by atoms with Gasteiger partial charge in [0.15, 0.2) is 0 Å². The number of rotatable bonds is 7. The Morgan fingerprint density at radius 3 is 3.13 bits per heavy atom. The van der Waals surface area contributed by atoms with Crippen molar-refractivity contribution in [1.82, 2.24) is 14.9 Å². The van der Waals surface area contributed by atoms with Crippen molar-refractivity contribution in [1.29, 1.82) is 0 Å². The van der Waals surface area contributed by atoms with Gasteiger partial charge in [-0.2, -0.15) is 0 Å². The molecule has 0 saturated heterocycles. The lowest BCUT2D eigenvalue weighted by atomic mass is 10.3. The van der Waals surface area contributed by atoms with E-state index in [4.69, 9.17) is 0 Å². The summed E-state index contributed by atoms with van der Waals surface area (Å²) >= 11 is 0. The van der Waals surface area contributed by atoms with E-state index in [2.05, 4.69) is 28.0 Å². The van der Waals surface area contributed by atoms with Gasteiger partial charge in [-0.1, -0.05) is 13.3 Å². The topological polar surface area (TPSA) is 29.9 Å². The summed E-state index contributed by atoms with van der Waals surface area (Å²) in [6, 6.07) is 0. The summed E-state index contributed by atoms with van der Waals surface area (Å²) < 4.78 is 2.27. The Kier molecular flexibility index (Phi) is 3.78. The van der Waals surface area contributed by atoms with Crippen LogP contribution >= 0.6 is 0 Å². The molecule has 2 rings (SSSR count). The van der Waals surface area contributed by atoms with Gasteiger partial charge in [0, 0.05) is 18.9 Å². The molecule has 1 saturated carbocycles. The Bertz CT molecular complexity index is 289. The van der Waals surface area contributed by atoms with Gasteiger partial charge in [-0.05, 0) is 31.7 Å². The molecule has 15 heavy (non-hydrogen) atoms. The lowest BCUT2D eigenvalue weighted by Gasteiger charge is -2.07. The molecule has 0 aromatic carbocycles. The van der Waals surface area contributed by atoms with Crippen LogP contribution in [0.3, 0.4) is 0 Å². The maximum absolute atomic E-state index is 4.39. The summed E-state index contributed by atoms with van der Waals surface area (Å²) in [7, 11) is 0. The van der Waals surface area contributed by atoms with E-state index >= 15 is 0 Å². The third-order valence-corrected chi connectivity index (χ3v) is 2.97. The SMILES string of the molecule is CCCCn1ccnc1CNCC1CC1. The minimum absolute atomic E-state index is 0.924. The quantitative estimate of drug-likeness (QED) is 0.742. The van der Waals surface area contributed by atoms with Gasteiger partial charge in [-0.3, -0.25) is 0 Å². The molecule has 0 bridgehead atoms. The molecule has 0 atom stereocenters. The van der Waals surface area contributed by atoms with Gasteiger partial charge in [0.1, 0.15) is 5.82 Å². The normalized spacial score (nSPS) is 15.8. The van der Waals surface area contributed by atoms with Crippen molar-refractivity contribution < 1.29 is 0 Å². The summed E-state index contributed by atoms with van der Waals surface area (Å²) in [5.74, 6) is 2.13. The Hall–Kier alpha value is -0.830. The van der Waals surface area contributed by atoms with E-state index in [9.17, 15) is 0 Å². The summed E-state index contributed by atoms with van der Waals surface area (Å²) in [6.07, 6.45) is 9.31. The van der Waals surface area contributed by atoms with Gasteiger partial charge >= 0.3 is 0 Å². The van der Waals surface area contributed by atoms with Crippen LogP contribution in [0.15, 0.2) is 12.4 Å². The monoisotopic (exact) mass is 207 g/mol. The van der Waals surface area contributed by atoms with Crippen molar-refractivity contribution in [3.63, 3.8) is 0 Å². The maximum Gasteiger partial charge on any atom is 0.122 e. The maximum atomic E-state index is 4.39. The highest BCUT2D eigenvalue weighted by atomic mass is 15.1. The average molecular weight is 207 g/mol. The number of aromatic nitrogens is 2. The molecule has 0 amide bonds. The molecule has 1 N–H and O–H groups in total. The number of imidazole rings is 1. The third-order valence-electron chi connectivity index (χ3n) is 2.97. The van der Waals surface area contributed by atoms with E-state index in [1.54, 1.807) is 0 Å². The second kappa shape index (κ2) is 5.31. The standard InChI is InChI=1S/C12H21N3/c1-2-3-7-15-8-6-14-12(15)10-13-9-11-4-5-11/h6,8,11,13H,2-5,7,9-10H2,1H3. The van der Waals surface area contributed by atoms with Crippen molar-refractivity contribution in [2.45, 2.75) is 45.7 Å². The molecule has 84 valence electrons. The fourth-order valence-electron chi connectivity index (χ4n) is 1.75. The molecule has 0 spiro atoms. The summed E-state index contributed by atoms with van der Waals surface area (Å²) in [6.45, 7) is 5.42. The van der Waals surface area contributed by atoms with Crippen LogP contribution in [0.2, 0.25) is 0 Å². The molecule has 1 aromatic heterocycles. The van der Waals surface area contributed by atoms with E-state index < -0.39 is 0 Å². The Morgan fingerprint density at radius 2 is 2.40 bits per heavy atom. The predicted molar refractivity (Wildman–Crippen MR) is 61.6 cm³/mol. The van der Waals surface area contributed by atoms with Crippen molar-refractivity contribution in [3.05, 3.63) is 18.2 Å². The van der Waals surface area contributed by atoms with Crippen LogP contribution in [-0.4, -0.2) is 16.1 Å². The lowest BCUT2D eigenvalue weighted by molar-refractivity contribution is 0.559. The van der Waals surface area contributed by atoms with E-state index in [0.717, 1.165) is 19.0 Å². The minimum atomic E-state index is 0.924.